The van der Waals surface area contributed by atoms with Gasteiger partial charge in [0.1, 0.15) is 13.0 Å². The lowest BCUT2D eigenvalue weighted by molar-refractivity contribution is -0.141. The highest BCUT2D eigenvalue weighted by molar-refractivity contribution is 5.97. The van der Waals surface area contributed by atoms with E-state index in [1.165, 1.54) is 12.2 Å². The van der Waals surface area contributed by atoms with Gasteiger partial charge >= 0.3 is 12.1 Å². The van der Waals surface area contributed by atoms with E-state index in [9.17, 15) is 27.6 Å². The number of hydrogen-bond acceptors (Lipinski definition) is 3. The quantitative estimate of drug-likeness (QED) is 0.593. The summed E-state index contributed by atoms with van der Waals surface area (Å²) >= 11 is 0. The van der Waals surface area contributed by atoms with E-state index in [0.29, 0.717) is 0 Å². The minimum atomic E-state index is -4.54. The fourth-order valence-corrected chi connectivity index (χ4v) is 1.05. The highest BCUT2D eigenvalue weighted by Crippen LogP contribution is 2.12. The van der Waals surface area contributed by atoms with Crippen LogP contribution in [0.25, 0.3) is 0 Å². The summed E-state index contributed by atoms with van der Waals surface area (Å²) in [5, 5.41) is 12.1. The van der Waals surface area contributed by atoms with Crippen molar-refractivity contribution >= 4 is 17.8 Å². The van der Waals surface area contributed by atoms with Crippen molar-refractivity contribution in [3.8, 4) is 0 Å². The Morgan fingerprint density at radius 1 is 1.22 bits per heavy atom. The highest BCUT2D eigenvalue weighted by Gasteiger charge is 2.28. The van der Waals surface area contributed by atoms with Gasteiger partial charge in [0.25, 0.3) is 0 Å². The van der Waals surface area contributed by atoms with Crippen molar-refractivity contribution in [1.82, 2.24) is 10.6 Å². The predicted octanol–water partition coefficient (Wildman–Crippen LogP) is 0.0344. The molecule has 0 heterocycles. The smallest absolute Gasteiger partial charge is 0.405 e. The maximum absolute atomic E-state index is 11.7. The lowest BCUT2D eigenvalue weighted by Crippen LogP contribution is -2.39. The molecule has 2 amide bonds. The number of carboxylic acids is 1. The summed E-state index contributed by atoms with van der Waals surface area (Å²) in [4.78, 5) is 32.3. The molecule has 0 bridgehead atoms. The van der Waals surface area contributed by atoms with Crippen molar-refractivity contribution in [2.75, 3.05) is 6.54 Å². The Balaban J connectivity index is 3.94. The minimum Gasteiger partial charge on any atom is -0.481 e. The molecule has 0 aromatic heterocycles. The Labute approximate surface area is 101 Å². The van der Waals surface area contributed by atoms with Crippen LogP contribution in [0.3, 0.4) is 0 Å². The molecule has 6 nitrogen and oxygen atoms in total. The van der Waals surface area contributed by atoms with Gasteiger partial charge in [-0.1, -0.05) is 0 Å². The lowest BCUT2D eigenvalue weighted by Gasteiger charge is -2.12. The third-order valence-corrected chi connectivity index (χ3v) is 1.70. The van der Waals surface area contributed by atoms with E-state index in [1.54, 1.807) is 0 Å². The summed E-state index contributed by atoms with van der Waals surface area (Å²) in [6.45, 7) is -0.108. The summed E-state index contributed by atoms with van der Waals surface area (Å²) in [5.41, 5.74) is 0. The van der Waals surface area contributed by atoms with Gasteiger partial charge in [-0.05, 0) is 6.92 Å². The predicted molar refractivity (Wildman–Crippen MR) is 53.5 cm³/mol. The van der Waals surface area contributed by atoms with Crippen LogP contribution in [0.5, 0.6) is 0 Å². The molecule has 1 unspecified atom stereocenters. The zero-order valence-electron chi connectivity index (χ0n) is 9.50. The number of aliphatic carboxylic acids is 1. The molecule has 18 heavy (non-hydrogen) atoms. The maximum atomic E-state index is 11.7. The van der Waals surface area contributed by atoms with Gasteiger partial charge in [-0.15, -0.1) is 0 Å². The van der Waals surface area contributed by atoms with Gasteiger partial charge in [0.2, 0.25) is 11.8 Å². The van der Waals surface area contributed by atoms with Crippen LogP contribution in [0.15, 0.2) is 0 Å². The summed E-state index contributed by atoms with van der Waals surface area (Å²) in [7, 11) is 0. The zero-order chi connectivity index (χ0) is 14.3. The minimum absolute atomic E-state index is 0.337. The molecule has 9 heteroatoms. The van der Waals surface area contributed by atoms with E-state index in [4.69, 9.17) is 5.11 Å². The molecule has 0 radical (unpaired) electrons. The first-order chi connectivity index (χ1) is 8.10. The number of carbonyl (C=O) groups excluding carboxylic acids is 2. The third-order valence-electron chi connectivity index (χ3n) is 1.70. The van der Waals surface area contributed by atoms with E-state index in [0.717, 1.165) is 0 Å². The van der Waals surface area contributed by atoms with Crippen LogP contribution < -0.4 is 10.6 Å². The number of rotatable bonds is 6. The van der Waals surface area contributed by atoms with Gasteiger partial charge in [0.15, 0.2) is 0 Å². The Morgan fingerprint density at radius 2 is 1.78 bits per heavy atom. The first kappa shape index (κ1) is 16.2. The van der Waals surface area contributed by atoms with Crippen molar-refractivity contribution in [3.63, 3.8) is 0 Å². The molecule has 104 valence electrons. The van der Waals surface area contributed by atoms with E-state index in [-0.39, 0.29) is 6.42 Å². The second-order valence-electron chi connectivity index (χ2n) is 3.64. The summed E-state index contributed by atoms with van der Waals surface area (Å²) < 4.78 is 35.2. The SMILES string of the molecule is CC(CC(=O)O)NC(=O)CC(=O)NCC(F)(F)F. The molecule has 0 aromatic carbocycles. The monoisotopic (exact) mass is 270 g/mol. The number of nitrogens with one attached hydrogen (secondary N) is 2. The highest BCUT2D eigenvalue weighted by atomic mass is 19.4. The molecule has 0 spiro atoms. The molecule has 0 aliphatic heterocycles. The standard InChI is InChI=1S/C9H13F3N2O4/c1-5(2-8(17)18)14-7(16)3-6(15)13-4-9(10,11)12/h5H,2-4H2,1H3,(H,13,15)(H,14,16)(H,17,18). The van der Waals surface area contributed by atoms with Crippen LogP contribution in [0.4, 0.5) is 13.2 Å². The molecule has 0 saturated carbocycles. The molecule has 0 aromatic rings. The number of halogens is 3. The van der Waals surface area contributed by atoms with Crippen LogP contribution in [-0.4, -0.2) is 41.7 Å². The van der Waals surface area contributed by atoms with Crippen molar-refractivity contribution in [1.29, 1.82) is 0 Å². The van der Waals surface area contributed by atoms with Gasteiger partial charge in [-0.3, -0.25) is 14.4 Å². The van der Waals surface area contributed by atoms with E-state index in [2.05, 4.69) is 5.32 Å². The fraction of sp³-hybridized carbons (Fsp3) is 0.667. The second kappa shape index (κ2) is 6.82. The van der Waals surface area contributed by atoms with Crippen molar-refractivity contribution in [2.24, 2.45) is 0 Å². The molecule has 0 aliphatic carbocycles. The normalized spacial score (nSPS) is 12.7. The van der Waals surface area contributed by atoms with E-state index in [1.807, 2.05) is 0 Å². The molecule has 0 rings (SSSR count). The molecular weight excluding hydrogens is 257 g/mol. The maximum Gasteiger partial charge on any atom is 0.405 e. The molecular formula is C9H13F3N2O4. The van der Waals surface area contributed by atoms with Crippen molar-refractivity contribution in [2.45, 2.75) is 32.0 Å². The second-order valence-corrected chi connectivity index (χ2v) is 3.64. The molecule has 0 saturated heterocycles. The molecule has 1 atom stereocenters. The average molecular weight is 270 g/mol. The van der Waals surface area contributed by atoms with Crippen LogP contribution in [0.2, 0.25) is 0 Å². The van der Waals surface area contributed by atoms with Crippen LogP contribution in [0.1, 0.15) is 19.8 Å². The van der Waals surface area contributed by atoms with E-state index < -0.39 is 43.0 Å². The van der Waals surface area contributed by atoms with Gasteiger partial charge in [0.05, 0.1) is 6.42 Å². The zero-order valence-corrected chi connectivity index (χ0v) is 9.50. The number of amides is 2. The number of carbonyl (C=O) groups is 3. The van der Waals surface area contributed by atoms with Crippen LogP contribution in [-0.2, 0) is 14.4 Å². The number of alkyl halides is 3. The fourth-order valence-electron chi connectivity index (χ4n) is 1.05. The van der Waals surface area contributed by atoms with Gasteiger partial charge in [0, 0.05) is 6.04 Å². The Hall–Kier alpha value is -1.80. The molecule has 0 fully saturated rings. The van der Waals surface area contributed by atoms with Crippen LogP contribution >= 0.6 is 0 Å². The van der Waals surface area contributed by atoms with Crippen molar-refractivity contribution < 1.29 is 32.7 Å². The number of carboxylic acid groups (broad SMARTS) is 1. The van der Waals surface area contributed by atoms with Crippen molar-refractivity contribution in [3.05, 3.63) is 0 Å². The first-order valence-electron chi connectivity index (χ1n) is 4.94. The Morgan fingerprint density at radius 3 is 2.22 bits per heavy atom. The Kier molecular flexibility index (Phi) is 6.14. The summed E-state index contributed by atoms with van der Waals surface area (Å²) in [6.07, 6.45) is -5.65. The molecule has 3 N–H and O–H groups in total. The van der Waals surface area contributed by atoms with Gasteiger partial charge in [-0.25, -0.2) is 0 Å². The number of hydrogen-bond donors (Lipinski definition) is 3. The van der Waals surface area contributed by atoms with Crippen LogP contribution in [0, 0.1) is 0 Å². The lowest BCUT2D eigenvalue weighted by atomic mass is 10.2. The molecule has 0 aliphatic rings. The van der Waals surface area contributed by atoms with E-state index >= 15 is 0 Å². The van der Waals surface area contributed by atoms with Gasteiger partial charge in [-0.2, -0.15) is 13.2 Å². The Bertz CT molecular complexity index is 330. The summed E-state index contributed by atoms with van der Waals surface area (Å²) in [6, 6.07) is -0.703. The topological polar surface area (TPSA) is 95.5 Å². The van der Waals surface area contributed by atoms with Gasteiger partial charge < -0.3 is 15.7 Å². The summed E-state index contributed by atoms with van der Waals surface area (Å²) in [5.74, 6) is -3.04. The third kappa shape index (κ3) is 9.43. The first-order valence-corrected chi connectivity index (χ1v) is 4.94. The average Bonchev–Trinajstić information content (AvgIpc) is 2.11. The largest absolute Gasteiger partial charge is 0.481 e.